The molecule has 0 saturated carbocycles. The first-order valence-corrected chi connectivity index (χ1v) is 6.78. The van der Waals surface area contributed by atoms with Crippen LogP contribution in [0.15, 0.2) is 5.38 Å². The van der Waals surface area contributed by atoms with Gasteiger partial charge in [-0.3, -0.25) is 0 Å². The number of aromatic nitrogens is 1. The van der Waals surface area contributed by atoms with E-state index >= 15 is 0 Å². The van der Waals surface area contributed by atoms with Crippen LogP contribution in [0.1, 0.15) is 28.5 Å². The molecule has 0 spiro atoms. The molecular weight excluding hydrogens is 270 g/mol. The number of carboxylic acids is 1. The molecule has 0 bridgehead atoms. The van der Waals surface area contributed by atoms with Crippen molar-refractivity contribution in [3.05, 3.63) is 16.1 Å². The summed E-state index contributed by atoms with van der Waals surface area (Å²) in [6.45, 7) is 4.00. The standard InChI is InChI=1S/C11H15N3O4S/c1-7(9-13-8(6-19-9)10(15)16)12-11(17)14-2-4-18-5-3-14/h6-7H,2-5H2,1H3,(H,12,17)(H,15,16). The number of urea groups is 1. The number of aromatic carboxylic acids is 1. The summed E-state index contributed by atoms with van der Waals surface area (Å²) in [5, 5.41) is 13.7. The largest absolute Gasteiger partial charge is 0.476 e. The first kappa shape index (κ1) is 13.8. The summed E-state index contributed by atoms with van der Waals surface area (Å²) in [6.07, 6.45) is 0. The second-order valence-electron chi connectivity index (χ2n) is 4.15. The first-order chi connectivity index (χ1) is 9.08. The third-order valence-electron chi connectivity index (χ3n) is 2.75. The topological polar surface area (TPSA) is 91.8 Å². The van der Waals surface area contributed by atoms with Gasteiger partial charge in [0.05, 0.1) is 19.3 Å². The Kier molecular flexibility index (Phi) is 4.33. The summed E-state index contributed by atoms with van der Waals surface area (Å²) in [5.74, 6) is -1.06. The fourth-order valence-corrected chi connectivity index (χ4v) is 2.49. The molecule has 1 atom stereocenters. The van der Waals surface area contributed by atoms with Crippen molar-refractivity contribution in [2.24, 2.45) is 0 Å². The highest BCUT2D eigenvalue weighted by atomic mass is 32.1. The van der Waals surface area contributed by atoms with Gasteiger partial charge in [0.25, 0.3) is 0 Å². The van der Waals surface area contributed by atoms with Crippen molar-refractivity contribution >= 4 is 23.3 Å². The van der Waals surface area contributed by atoms with Crippen LogP contribution >= 0.6 is 11.3 Å². The molecular formula is C11H15N3O4S. The highest BCUT2D eigenvalue weighted by Gasteiger charge is 2.21. The smallest absolute Gasteiger partial charge is 0.355 e. The van der Waals surface area contributed by atoms with Gasteiger partial charge in [0.2, 0.25) is 0 Å². The first-order valence-electron chi connectivity index (χ1n) is 5.90. The summed E-state index contributed by atoms with van der Waals surface area (Å²) in [4.78, 5) is 28.3. The van der Waals surface area contributed by atoms with E-state index in [1.807, 2.05) is 0 Å². The Morgan fingerprint density at radius 3 is 2.79 bits per heavy atom. The van der Waals surface area contributed by atoms with Crippen LogP contribution in [0.5, 0.6) is 0 Å². The maximum atomic E-state index is 11.9. The van der Waals surface area contributed by atoms with E-state index in [0.29, 0.717) is 31.3 Å². The lowest BCUT2D eigenvalue weighted by atomic mass is 10.3. The van der Waals surface area contributed by atoms with E-state index < -0.39 is 5.97 Å². The van der Waals surface area contributed by atoms with Gasteiger partial charge in [-0.15, -0.1) is 11.3 Å². The Morgan fingerprint density at radius 1 is 1.53 bits per heavy atom. The van der Waals surface area contributed by atoms with Gasteiger partial charge in [0, 0.05) is 18.5 Å². The van der Waals surface area contributed by atoms with Crippen molar-refractivity contribution in [3.63, 3.8) is 0 Å². The zero-order chi connectivity index (χ0) is 13.8. The lowest BCUT2D eigenvalue weighted by Gasteiger charge is -2.28. The number of amides is 2. The number of hydrogen-bond acceptors (Lipinski definition) is 5. The number of nitrogens with one attached hydrogen (secondary N) is 1. The Balaban J connectivity index is 1.93. The van der Waals surface area contributed by atoms with Crippen LogP contribution in [-0.2, 0) is 4.74 Å². The molecule has 0 radical (unpaired) electrons. The molecule has 1 aromatic heterocycles. The fraction of sp³-hybridized carbons (Fsp3) is 0.545. The summed E-state index contributed by atoms with van der Waals surface area (Å²) in [6, 6.07) is -0.490. The second kappa shape index (κ2) is 5.98. The van der Waals surface area contributed by atoms with Gasteiger partial charge in [0.15, 0.2) is 5.69 Å². The summed E-state index contributed by atoms with van der Waals surface area (Å²) in [5.41, 5.74) is 0.00692. The van der Waals surface area contributed by atoms with Gasteiger partial charge in [-0.25, -0.2) is 14.6 Å². The summed E-state index contributed by atoms with van der Waals surface area (Å²) < 4.78 is 5.17. The molecule has 1 unspecified atom stereocenters. The number of thiazole rings is 1. The predicted molar refractivity (Wildman–Crippen MR) is 68.4 cm³/mol. The minimum Gasteiger partial charge on any atom is -0.476 e. The van der Waals surface area contributed by atoms with Gasteiger partial charge in [-0.05, 0) is 6.92 Å². The highest BCUT2D eigenvalue weighted by molar-refractivity contribution is 7.09. The molecule has 2 rings (SSSR count). The molecule has 1 aromatic rings. The molecule has 104 valence electrons. The minimum atomic E-state index is -1.06. The fourth-order valence-electron chi connectivity index (χ4n) is 1.69. The van der Waals surface area contributed by atoms with E-state index in [0.717, 1.165) is 0 Å². The van der Waals surface area contributed by atoms with Crippen LogP contribution < -0.4 is 5.32 Å². The van der Waals surface area contributed by atoms with Crippen molar-refractivity contribution < 1.29 is 19.4 Å². The minimum absolute atomic E-state index is 0.00692. The van der Waals surface area contributed by atoms with Crippen LogP contribution in [0.2, 0.25) is 0 Å². The molecule has 1 saturated heterocycles. The van der Waals surface area contributed by atoms with E-state index in [4.69, 9.17) is 9.84 Å². The van der Waals surface area contributed by atoms with Gasteiger partial charge >= 0.3 is 12.0 Å². The van der Waals surface area contributed by atoms with Crippen LogP contribution in [0.3, 0.4) is 0 Å². The Bertz CT molecular complexity index is 470. The normalized spacial score (nSPS) is 17.0. The lowest BCUT2D eigenvalue weighted by Crippen LogP contribution is -2.46. The average molecular weight is 285 g/mol. The molecule has 0 aliphatic carbocycles. The number of nitrogens with zero attached hydrogens (tertiary/aromatic N) is 2. The molecule has 0 aromatic carbocycles. The quantitative estimate of drug-likeness (QED) is 0.862. The number of carbonyl (C=O) groups is 2. The van der Waals surface area contributed by atoms with E-state index in [2.05, 4.69) is 10.3 Å². The van der Waals surface area contributed by atoms with E-state index in [1.54, 1.807) is 11.8 Å². The SMILES string of the molecule is CC(NC(=O)N1CCOCC1)c1nc(C(=O)O)cs1. The third-order valence-corrected chi connectivity index (χ3v) is 3.78. The van der Waals surface area contributed by atoms with Crippen molar-refractivity contribution in [1.82, 2.24) is 15.2 Å². The average Bonchev–Trinajstić information content (AvgIpc) is 2.89. The molecule has 8 heteroatoms. The molecule has 19 heavy (non-hydrogen) atoms. The Hall–Kier alpha value is -1.67. The molecule has 2 N–H and O–H groups in total. The zero-order valence-electron chi connectivity index (χ0n) is 10.5. The van der Waals surface area contributed by atoms with Crippen LogP contribution in [0, 0.1) is 0 Å². The molecule has 1 fully saturated rings. The maximum Gasteiger partial charge on any atom is 0.355 e. The van der Waals surface area contributed by atoms with Crippen LogP contribution in [0.25, 0.3) is 0 Å². The van der Waals surface area contributed by atoms with E-state index in [-0.39, 0.29) is 17.8 Å². The summed E-state index contributed by atoms with van der Waals surface area (Å²) in [7, 11) is 0. The highest BCUT2D eigenvalue weighted by Crippen LogP contribution is 2.18. The maximum absolute atomic E-state index is 11.9. The van der Waals surface area contributed by atoms with Crippen molar-refractivity contribution in [3.8, 4) is 0 Å². The monoisotopic (exact) mass is 285 g/mol. The second-order valence-corrected chi connectivity index (χ2v) is 5.04. The molecule has 1 aliphatic rings. The van der Waals surface area contributed by atoms with E-state index in [1.165, 1.54) is 16.7 Å². The van der Waals surface area contributed by atoms with Gasteiger partial charge < -0.3 is 20.1 Å². The van der Waals surface area contributed by atoms with Crippen molar-refractivity contribution in [2.45, 2.75) is 13.0 Å². The zero-order valence-corrected chi connectivity index (χ0v) is 11.3. The van der Waals surface area contributed by atoms with Gasteiger partial charge in [-0.1, -0.05) is 0 Å². The van der Waals surface area contributed by atoms with Crippen LogP contribution in [0.4, 0.5) is 4.79 Å². The Labute approximate surface area is 114 Å². The molecule has 1 aliphatic heterocycles. The van der Waals surface area contributed by atoms with Gasteiger partial charge in [-0.2, -0.15) is 0 Å². The molecule has 7 nitrogen and oxygen atoms in total. The predicted octanol–water partition coefficient (Wildman–Crippen LogP) is 0.944. The van der Waals surface area contributed by atoms with E-state index in [9.17, 15) is 9.59 Å². The number of carboxylic acid groups (broad SMARTS) is 1. The molecule has 2 heterocycles. The number of hydrogen-bond donors (Lipinski definition) is 2. The number of carbonyl (C=O) groups excluding carboxylic acids is 1. The summed E-state index contributed by atoms with van der Waals surface area (Å²) >= 11 is 1.22. The number of ether oxygens (including phenoxy) is 1. The third kappa shape index (κ3) is 3.42. The number of morpholine rings is 1. The van der Waals surface area contributed by atoms with Crippen molar-refractivity contribution in [1.29, 1.82) is 0 Å². The van der Waals surface area contributed by atoms with Crippen molar-refractivity contribution in [2.75, 3.05) is 26.3 Å². The van der Waals surface area contributed by atoms with Gasteiger partial charge in [0.1, 0.15) is 5.01 Å². The lowest BCUT2D eigenvalue weighted by molar-refractivity contribution is 0.0526. The van der Waals surface area contributed by atoms with Crippen LogP contribution in [-0.4, -0.2) is 53.3 Å². The Morgan fingerprint density at radius 2 is 2.21 bits per heavy atom. The number of rotatable bonds is 3. The molecule has 2 amide bonds.